The fraction of sp³-hybridized carbons (Fsp3) is 0.625. The minimum absolute atomic E-state index is 0.213. The van der Waals surface area contributed by atoms with Gasteiger partial charge in [-0.05, 0) is 51.3 Å². The summed E-state index contributed by atoms with van der Waals surface area (Å²) in [5, 5.41) is 14.5. The van der Waals surface area contributed by atoms with Crippen molar-refractivity contribution in [2.45, 2.75) is 32.6 Å². The summed E-state index contributed by atoms with van der Waals surface area (Å²) in [6.07, 6.45) is 5.05. The van der Waals surface area contributed by atoms with E-state index in [0.717, 1.165) is 37.4 Å². The largest absolute Gasteiger partial charge is 0.371 e. The molecule has 5 nitrogen and oxygen atoms in total. The van der Waals surface area contributed by atoms with Crippen molar-refractivity contribution in [3.8, 4) is 0 Å². The molecule has 0 aromatic heterocycles. The van der Waals surface area contributed by atoms with E-state index in [-0.39, 0.29) is 10.6 Å². The van der Waals surface area contributed by atoms with Gasteiger partial charge in [-0.15, -0.1) is 0 Å². The summed E-state index contributed by atoms with van der Waals surface area (Å²) in [6.45, 7) is 6.19. The molecule has 114 valence electrons. The Hall–Kier alpha value is -1.62. The van der Waals surface area contributed by atoms with Crippen molar-refractivity contribution >= 4 is 11.4 Å². The van der Waals surface area contributed by atoms with E-state index in [2.05, 4.69) is 10.2 Å². The highest BCUT2D eigenvalue weighted by Crippen LogP contribution is 2.38. The second kappa shape index (κ2) is 5.64. The smallest absolute Gasteiger partial charge is 0.272 e. The van der Waals surface area contributed by atoms with Gasteiger partial charge in [-0.25, -0.2) is 0 Å². The van der Waals surface area contributed by atoms with E-state index in [1.54, 1.807) is 6.07 Å². The van der Waals surface area contributed by atoms with Crippen LogP contribution in [0.3, 0.4) is 0 Å². The van der Waals surface area contributed by atoms with E-state index >= 15 is 0 Å². The summed E-state index contributed by atoms with van der Waals surface area (Å²) in [7, 11) is 0. The van der Waals surface area contributed by atoms with Crippen molar-refractivity contribution in [1.29, 1.82) is 0 Å². The second-order valence-electron chi connectivity index (χ2n) is 6.53. The monoisotopic (exact) mass is 289 g/mol. The molecule has 2 fully saturated rings. The van der Waals surface area contributed by atoms with Gasteiger partial charge in [0.15, 0.2) is 0 Å². The van der Waals surface area contributed by atoms with Gasteiger partial charge in [0.25, 0.3) is 5.69 Å². The van der Waals surface area contributed by atoms with Crippen LogP contribution in [-0.2, 0) is 0 Å². The Kier molecular flexibility index (Phi) is 3.85. The first-order chi connectivity index (χ1) is 10.1. The Morgan fingerprint density at radius 3 is 2.81 bits per heavy atom. The van der Waals surface area contributed by atoms with Crippen LogP contribution in [0.15, 0.2) is 18.2 Å². The van der Waals surface area contributed by atoms with Gasteiger partial charge < -0.3 is 10.2 Å². The molecular weight excluding hydrogens is 266 g/mol. The zero-order valence-electron chi connectivity index (χ0n) is 12.6. The molecule has 1 aromatic carbocycles. The number of nitrogens with one attached hydrogen (secondary N) is 1. The molecule has 1 spiro atoms. The van der Waals surface area contributed by atoms with Gasteiger partial charge >= 0.3 is 0 Å². The Balaban J connectivity index is 1.80. The lowest BCUT2D eigenvalue weighted by atomic mass is 9.74. The Bertz CT molecular complexity index is 533. The molecule has 0 amide bonds. The molecule has 2 saturated heterocycles. The van der Waals surface area contributed by atoms with Crippen LogP contribution in [0, 0.1) is 22.5 Å². The second-order valence-corrected chi connectivity index (χ2v) is 6.53. The predicted molar refractivity (Wildman–Crippen MR) is 83.8 cm³/mol. The maximum absolute atomic E-state index is 10.9. The van der Waals surface area contributed by atoms with Gasteiger partial charge in [-0.2, -0.15) is 0 Å². The van der Waals surface area contributed by atoms with Crippen LogP contribution < -0.4 is 10.2 Å². The molecule has 2 aliphatic rings. The first kappa shape index (κ1) is 14.3. The molecule has 2 heterocycles. The molecule has 3 rings (SSSR count). The fourth-order valence-corrected chi connectivity index (χ4v) is 3.85. The SMILES string of the molecule is Cc1cc(N2CCCC3(CCCNC3)C2)ccc1[N+](=O)[O-]. The molecule has 1 aromatic rings. The van der Waals surface area contributed by atoms with E-state index in [4.69, 9.17) is 0 Å². The topological polar surface area (TPSA) is 58.4 Å². The number of nitro groups is 1. The fourth-order valence-electron chi connectivity index (χ4n) is 3.85. The number of piperidine rings is 2. The van der Waals surface area contributed by atoms with Crippen LogP contribution in [0.25, 0.3) is 0 Å². The number of aryl methyl sites for hydroxylation is 1. The Morgan fingerprint density at radius 2 is 2.14 bits per heavy atom. The first-order valence-electron chi connectivity index (χ1n) is 7.80. The Labute approximate surface area is 125 Å². The molecule has 0 radical (unpaired) electrons. The molecule has 0 bridgehead atoms. The van der Waals surface area contributed by atoms with Crippen molar-refractivity contribution in [2.75, 3.05) is 31.1 Å². The van der Waals surface area contributed by atoms with Crippen molar-refractivity contribution in [3.63, 3.8) is 0 Å². The molecule has 0 saturated carbocycles. The lowest BCUT2D eigenvalue weighted by molar-refractivity contribution is -0.385. The standard InChI is InChI=1S/C16H23N3O2/c1-13-10-14(4-5-15(13)19(20)21)18-9-3-7-16(12-18)6-2-8-17-11-16/h4-5,10,17H,2-3,6-9,11-12H2,1H3. The lowest BCUT2D eigenvalue weighted by Crippen LogP contribution is -2.51. The third-order valence-corrected chi connectivity index (χ3v) is 4.96. The minimum Gasteiger partial charge on any atom is -0.371 e. The van der Waals surface area contributed by atoms with Gasteiger partial charge in [0.2, 0.25) is 0 Å². The summed E-state index contributed by atoms with van der Waals surface area (Å²) in [5.74, 6) is 0. The maximum Gasteiger partial charge on any atom is 0.272 e. The normalized spacial score (nSPS) is 26.0. The van der Waals surface area contributed by atoms with Gasteiger partial charge in [0, 0.05) is 42.4 Å². The number of hydrogen-bond donors (Lipinski definition) is 1. The summed E-state index contributed by atoms with van der Waals surface area (Å²) in [5.41, 5.74) is 2.48. The zero-order valence-corrected chi connectivity index (χ0v) is 12.6. The quantitative estimate of drug-likeness (QED) is 0.672. The molecule has 5 heteroatoms. The number of rotatable bonds is 2. The molecule has 1 atom stereocenters. The van der Waals surface area contributed by atoms with Crippen LogP contribution in [0.4, 0.5) is 11.4 Å². The lowest BCUT2D eigenvalue weighted by Gasteiger charge is -2.46. The average molecular weight is 289 g/mol. The summed E-state index contributed by atoms with van der Waals surface area (Å²) in [6, 6.07) is 5.51. The molecule has 0 aliphatic carbocycles. The molecule has 2 aliphatic heterocycles. The van der Waals surface area contributed by atoms with Crippen LogP contribution in [0.1, 0.15) is 31.2 Å². The van der Waals surface area contributed by atoms with E-state index < -0.39 is 0 Å². The maximum atomic E-state index is 10.9. The Morgan fingerprint density at radius 1 is 1.33 bits per heavy atom. The first-order valence-corrected chi connectivity index (χ1v) is 7.80. The highest BCUT2D eigenvalue weighted by molar-refractivity contribution is 5.55. The highest BCUT2D eigenvalue weighted by Gasteiger charge is 2.36. The van der Waals surface area contributed by atoms with E-state index in [9.17, 15) is 10.1 Å². The van der Waals surface area contributed by atoms with Crippen LogP contribution >= 0.6 is 0 Å². The van der Waals surface area contributed by atoms with Crippen molar-refractivity contribution in [3.05, 3.63) is 33.9 Å². The van der Waals surface area contributed by atoms with Crippen LogP contribution in [0.2, 0.25) is 0 Å². The van der Waals surface area contributed by atoms with E-state index in [0.29, 0.717) is 5.41 Å². The molecular formula is C16H23N3O2. The summed E-state index contributed by atoms with van der Waals surface area (Å²) < 4.78 is 0. The van der Waals surface area contributed by atoms with Crippen molar-refractivity contribution in [1.82, 2.24) is 5.32 Å². The highest BCUT2D eigenvalue weighted by atomic mass is 16.6. The third-order valence-electron chi connectivity index (χ3n) is 4.96. The third kappa shape index (κ3) is 2.88. The number of nitro benzene ring substituents is 1. The molecule has 1 unspecified atom stereocenters. The van der Waals surface area contributed by atoms with Gasteiger partial charge in [0.05, 0.1) is 4.92 Å². The van der Waals surface area contributed by atoms with Crippen LogP contribution in [0.5, 0.6) is 0 Å². The van der Waals surface area contributed by atoms with E-state index in [1.165, 1.54) is 25.7 Å². The van der Waals surface area contributed by atoms with E-state index in [1.807, 2.05) is 19.1 Å². The molecule has 21 heavy (non-hydrogen) atoms. The summed E-state index contributed by atoms with van der Waals surface area (Å²) in [4.78, 5) is 13.0. The predicted octanol–water partition coefficient (Wildman–Crippen LogP) is 2.87. The summed E-state index contributed by atoms with van der Waals surface area (Å²) >= 11 is 0. The minimum atomic E-state index is -0.304. The number of anilines is 1. The average Bonchev–Trinajstić information content (AvgIpc) is 2.47. The van der Waals surface area contributed by atoms with Gasteiger partial charge in [0.1, 0.15) is 0 Å². The number of nitrogens with zero attached hydrogens (tertiary/aromatic N) is 2. The molecule has 1 N–H and O–H groups in total. The van der Waals surface area contributed by atoms with Crippen molar-refractivity contribution in [2.24, 2.45) is 5.41 Å². The zero-order chi connectivity index (χ0) is 14.9. The van der Waals surface area contributed by atoms with Crippen LogP contribution in [-0.4, -0.2) is 31.1 Å². The van der Waals surface area contributed by atoms with Gasteiger partial charge in [-0.3, -0.25) is 10.1 Å². The van der Waals surface area contributed by atoms with Crippen molar-refractivity contribution < 1.29 is 4.92 Å². The number of benzene rings is 1. The number of hydrogen-bond acceptors (Lipinski definition) is 4. The van der Waals surface area contributed by atoms with Gasteiger partial charge in [-0.1, -0.05) is 0 Å².